The second-order valence-corrected chi connectivity index (χ2v) is 3.34. The van der Waals surface area contributed by atoms with Gasteiger partial charge in [0.2, 0.25) is 0 Å². The SMILES string of the molecule is C=CCCC(=O)c1cnn2ccccc12. The normalized spacial score (nSPS) is 10.4. The maximum atomic E-state index is 11.8. The zero-order chi connectivity index (χ0) is 10.7. The Morgan fingerprint density at radius 1 is 1.53 bits per heavy atom. The maximum absolute atomic E-state index is 11.8. The minimum Gasteiger partial charge on any atom is -0.294 e. The Morgan fingerprint density at radius 2 is 2.40 bits per heavy atom. The van der Waals surface area contributed by atoms with Gasteiger partial charge >= 0.3 is 0 Å². The fourth-order valence-electron chi connectivity index (χ4n) is 1.52. The molecule has 0 spiro atoms. The van der Waals surface area contributed by atoms with Crippen molar-refractivity contribution in [2.45, 2.75) is 12.8 Å². The quantitative estimate of drug-likeness (QED) is 0.561. The lowest BCUT2D eigenvalue weighted by atomic mass is 10.1. The summed E-state index contributed by atoms with van der Waals surface area (Å²) < 4.78 is 1.71. The number of Topliss-reactive ketones (excluding diaryl/α,β-unsaturated/α-hetero) is 1. The van der Waals surface area contributed by atoms with Crippen LogP contribution in [0.4, 0.5) is 0 Å². The molecular formula is C12H12N2O. The van der Waals surface area contributed by atoms with Gasteiger partial charge < -0.3 is 0 Å². The van der Waals surface area contributed by atoms with Crippen molar-refractivity contribution in [3.63, 3.8) is 0 Å². The number of rotatable bonds is 4. The lowest BCUT2D eigenvalue weighted by Crippen LogP contribution is -1.97. The van der Waals surface area contributed by atoms with Gasteiger partial charge in [-0.05, 0) is 18.6 Å². The number of ketones is 1. The molecule has 0 saturated heterocycles. The van der Waals surface area contributed by atoms with Crippen molar-refractivity contribution >= 4 is 11.3 Å². The van der Waals surface area contributed by atoms with E-state index in [1.807, 2.05) is 24.4 Å². The number of pyridine rings is 1. The zero-order valence-corrected chi connectivity index (χ0v) is 8.39. The standard InChI is InChI=1S/C12H12N2O/c1-2-3-7-12(15)10-9-13-14-8-5-4-6-11(10)14/h2,4-6,8-9H,1,3,7H2. The third kappa shape index (κ3) is 1.81. The highest BCUT2D eigenvalue weighted by atomic mass is 16.1. The molecule has 2 heterocycles. The van der Waals surface area contributed by atoms with Crippen molar-refractivity contribution in [2.24, 2.45) is 0 Å². The van der Waals surface area contributed by atoms with E-state index < -0.39 is 0 Å². The minimum absolute atomic E-state index is 0.121. The van der Waals surface area contributed by atoms with Crippen molar-refractivity contribution in [3.05, 3.63) is 48.8 Å². The Morgan fingerprint density at radius 3 is 3.20 bits per heavy atom. The number of carbonyl (C=O) groups is 1. The van der Waals surface area contributed by atoms with Crippen LogP contribution in [0.1, 0.15) is 23.2 Å². The highest BCUT2D eigenvalue weighted by Gasteiger charge is 2.10. The average Bonchev–Trinajstić information content (AvgIpc) is 2.69. The van der Waals surface area contributed by atoms with Crippen molar-refractivity contribution in [1.82, 2.24) is 9.61 Å². The van der Waals surface area contributed by atoms with Crippen LogP contribution in [0.2, 0.25) is 0 Å². The third-order valence-corrected chi connectivity index (χ3v) is 2.30. The molecule has 0 bridgehead atoms. The molecule has 0 radical (unpaired) electrons. The first-order valence-electron chi connectivity index (χ1n) is 4.89. The number of aromatic nitrogens is 2. The van der Waals surface area contributed by atoms with E-state index in [1.165, 1.54) is 0 Å². The predicted molar refractivity (Wildman–Crippen MR) is 59.0 cm³/mol. The van der Waals surface area contributed by atoms with Crippen LogP contribution in [0.25, 0.3) is 5.52 Å². The summed E-state index contributed by atoms with van der Waals surface area (Å²) in [6.45, 7) is 3.60. The number of hydrogen-bond donors (Lipinski definition) is 0. The second kappa shape index (κ2) is 4.09. The molecular weight excluding hydrogens is 188 g/mol. The lowest BCUT2D eigenvalue weighted by Gasteiger charge is -1.96. The molecule has 3 heteroatoms. The Kier molecular flexibility index (Phi) is 2.63. The van der Waals surface area contributed by atoms with Crippen LogP contribution < -0.4 is 0 Å². The number of allylic oxidation sites excluding steroid dienone is 1. The van der Waals surface area contributed by atoms with E-state index in [0.717, 1.165) is 5.52 Å². The van der Waals surface area contributed by atoms with Crippen LogP contribution in [0, 0.1) is 0 Å². The summed E-state index contributed by atoms with van der Waals surface area (Å²) in [4.78, 5) is 11.8. The predicted octanol–water partition coefficient (Wildman–Crippen LogP) is 2.48. The molecule has 2 aromatic rings. The maximum Gasteiger partial charge on any atom is 0.166 e. The number of hydrogen-bond acceptors (Lipinski definition) is 2. The van der Waals surface area contributed by atoms with E-state index in [1.54, 1.807) is 16.8 Å². The highest BCUT2D eigenvalue weighted by molar-refractivity contribution is 6.02. The van der Waals surface area contributed by atoms with E-state index >= 15 is 0 Å². The van der Waals surface area contributed by atoms with Gasteiger partial charge in [0, 0.05) is 12.6 Å². The molecule has 0 unspecified atom stereocenters. The summed E-state index contributed by atoms with van der Waals surface area (Å²) >= 11 is 0. The smallest absolute Gasteiger partial charge is 0.166 e. The van der Waals surface area contributed by atoms with Crippen LogP contribution in [0.3, 0.4) is 0 Å². The monoisotopic (exact) mass is 200 g/mol. The van der Waals surface area contributed by atoms with Gasteiger partial charge in [-0.25, -0.2) is 4.52 Å². The molecule has 2 rings (SSSR count). The summed E-state index contributed by atoms with van der Waals surface area (Å²) in [7, 11) is 0. The first-order valence-corrected chi connectivity index (χ1v) is 4.89. The first-order chi connectivity index (χ1) is 7.33. The molecule has 2 aromatic heterocycles. The van der Waals surface area contributed by atoms with Crippen LogP contribution in [-0.2, 0) is 0 Å². The van der Waals surface area contributed by atoms with E-state index in [0.29, 0.717) is 18.4 Å². The van der Waals surface area contributed by atoms with Crippen LogP contribution >= 0.6 is 0 Å². The molecule has 0 amide bonds. The van der Waals surface area contributed by atoms with Crippen LogP contribution in [-0.4, -0.2) is 15.4 Å². The Hall–Kier alpha value is -1.90. The van der Waals surface area contributed by atoms with Gasteiger partial charge in [0.15, 0.2) is 5.78 Å². The minimum atomic E-state index is 0.121. The Balaban J connectivity index is 2.35. The van der Waals surface area contributed by atoms with Gasteiger partial charge in [-0.2, -0.15) is 5.10 Å². The Bertz CT molecular complexity index is 499. The molecule has 0 aliphatic heterocycles. The van der Waals surface area contributed by atoms with Crippen molar-refractivity contribution in [3.8, 4) is 0 Å². The summed E-state index contributed by atoms with van der Waals surface area (Å²) in [5, 5.41) is 4.12. The van der Waals surface area contributed by atoms with Crippen molar-refractivity contribution in [2.75, 3.05) is 0 Å². The number of nitrogens with zero attached hydrogens (tertiary/aromatic N) is 2. The van der Waals surface area contributed by atoms with E-state index in [9.17, 15) is 4.79 Å². The van der Waals surface area contributed by atoms with Gasteiger partial charge in [-0.3, -0.25) is 4.79 Å². The largest absolute Gasteiger partial charge is 0.294 e. The lowest BCUT2D eigenvalue weighted by molar-refractivity contribution is 0.0985. The van der Waals surface area contributed by atoms with E-state index in [-0.39, 0.29) is 5.78 Å². The van der Waals surface area contributed by atoms with Crippen LogP contribution in [0.5, 0.6) is 0 Å². The van der Waals surface area contributed by atoms with Crippen molar-refractivity contribution in [1.29, 1.82) is 0 Å². The van der Waals surface area contributed by atoms with Gasteiger partial charge in [-0.1, -0.05) is 12.1 Å². The summed E-state index contributed by atoms with van der Waals surface area (Å²) in [5.41, 5.74) is 1.56. The van der Waals surface area contributed by atoms with Gasteiger partial charge in [0.25, 0.3) is 0 Å². The second-order valence-electron chi connectivity index (χ2n) is 3.34. The molecule has 0 fully saturated rings. The molecule has 3 nitrogen and oxygen atoms in total. The Labute approximate surface area is 88.0 Å². The molecule has 0 atom stereocenters. The molecule has 0 aliphatic carbocycles. The summed E-state index contributed by atoms with van der Waals surface area (Å²) in [6, 6.07) is 5.69. The third-order valence-electron chi connectivity index (χ3n) is 2.30. The van der Waals surface area contributed by atoms with Crippen molar-refractivity contribution < 1.29 is 4.79 Å². The number of carbonyl (C=O) groups excluding carboxylic acids is 1. The first kappa shape index (κ1) is 9.65. The highest BCUT2D eigenvalue weighted by Crippen LogP contribution is 2.13. The molecule has 15 heavy (non-hydrogen) atoms. The fraction of sp³-hybridized carbons (Fsp3) is 0.167. The fourth-order valence-corrected chi connectivity index (χ4v) is 1.52. The summed E-state index contributed by atoms with van der Waals surface area (Å²) in [5.74, 6) is 0.121. The van der Waals surface area contributed by atoms with E-state index in [4.69, 9.17) is 0 Å². The van der Waals surface area contributed by atoms with E-state index in [2.05, 4.69) is 11.7 Å². The molecule has 0 saturated carbocycles. The zero-order valence-electron chi connectivity index (χ0n) is 8.39. The van der Waals surface area contributed by atoms with Gasteiger partial charge in [0.05, 0.1) is 17.3 Å². The average molecular weight is 200 g/mol. The summed E-state index contributed by atoms with van der Waals surface area (Å²) in [6.07, 6.45) is 6.42. The molecule has 0 N–H and O–H groups in total. The van der Waals surface area contributed by atoms with Crippen LogP contribution in [0.15, 0.2) is 43.2 Å². The molecule has 0 aliphatic rings. The number of fused-ring (bicyclic) bond motifs is 1. The van der Waals surface area contributed by atoms with Gasteiger partial charge in [-0.15, -0.1) is 6.58 Å². The topological polar surface area (TPSA) is 34.4 Å². The molecule has 0 aromatic carbocycles. The van der Waals surface area contributed by atoms with Gasteiger partial charge in [0.1, 0.15) is 0 Å². The molecule has 76 valence electrons.